The Labute approximate surface area is 162 Å². The number of methoxy groups -OCH3 is 1. The molecule has 0 aliphatic rings. The Morgan fingerprint density at radius 3 is 2.43 bits per heavy atom. The van der Waals surface area contributed by atoms with Crippen LogP contribution in [0.5, 0.6) is 11.5 Å². The van der Waals surface area contributed by atoms with Crippen LogP contribution >= 0.6 is 0 Å². The molecule has 0 unspecified atom stereocenters. The predicted octanol–water partition coefficient (Wildman–Crippen LogP) is 4.70. The van der Waals surface area contributed by atoms with E-state index in [4.69, 9.17) is 4.74 Å². The van der Waals surface area contributed by atoms with Crippen LogP contribution in [0, 0.1) is 0 Å². The number of fused-ring (bicyclic) bond motifs is 1. The fraction of sp³-hybridized carbons (Fsp3) is 0.0909. The van der Waals surface area contributed by atoms with Gasteiger partial charge < -0.3 is 20.5 Å². The van der Waals surface area contributed by atoms with Crippen molar-refractivity contribution >= 4 is 28.4 Å². The number of nitrogens with one attached hydrogen (secondary N) is 2. The number of phenols is 1. The van der Waals surface area contributed by atoms with Crippen LogP contribution in [0.15, 0.2) is 72.8 Å². The van der Waals surface area contributed by atoms with Gasteiger partial charge in [-0.2, -0.15) is 4.98 Å². The Kier molecular flexibility index (Phi) is 4.93. The summed E-state index contributed by atoms with van der Waals surface area (Å²) in [4.78, 5) is 9.18. The number of para-hydroxylation sites is 3. The van der Waals surface area contributed by atoms with Crippen LogP contribution in [0.25, 0.3) is 10.9 Å². The number of aromatic hydroxyl groups is 1. The molecule has 4 aromatic rings. The molecule has 0 atom stereocenters. The first kappa shape index (κ1) is 17.6. The van der Waals surface area contributed by atoms with Crippen LogP contribution in [0.1, 0.15) is 5.56 Å². The van der Waals surface area contributed by atoms with E-state index < -0.39 is 0 Å². The fourth-order valence-corrected chi connectivity index (χ4v) is 2.90. The number of hydrogen-bond donors (Lipinski definition) is 3. The Balaban J connectivity index is 1.63. The first-order valence-electron chi connectivity index (χ1n) is 8.91. The number of nitrogens with zero attached hydrogens (tertiary/aromatic N) is 2. The molecule has 0 fully saturated rings. The van der Waals surface area contributed by atoms with Gasteiger partial charge in [0.25, 0.3) is 0 Å². The SMILES string of the molecule is COc1ccc(CNc2nc(Nc3ccccc3O)nc3ccccc23)cc1. The number of aromatic nitrogens is 2. The second-order valence-corrected chi connectivity index (χ2v) is 6.26. The molecule has 0 aliphatic carbocycles. The van der Waals surface area contributed by atoms with E-state index in [1.165, 1.54) is 0 Å². The highest BCUT2D eigenvalue weighted by atomic mass is 16.5. The van der Waals surface area contributed by atoms with Gasteiger partial charge in [-0.15, -0.1) is 0 Å². The van der Waals surface area contributed by atoms with E-state index in [2.05, 4.69) is 20.6 Å². The van der Waals surface area contributed by atoms with E-state index in [0.717, 1.165) is 28.0 Å². The lowest BCUT2D eigenvalue weighted by Crippen LogP contribution is -2.06. The number of rotatable bonds is 6. The summed E-state index contributed by atoms with van der Waals surface area (Å²) in [5.41, 5.74) is 2.48. The normalized spacial score (nSPS) is 10.6. The zero-order chi connectivity index (χ0) is 19.3. The number of hydrogen-bond acceptors (Lipinski definition) is 6. The van der Waals surface area contributed by atoms with Gasteiger partial charge in [-0.25, -0.2) is 4.98 Å². The molecule has 0 bridgehead atoms. The summed E-state index contributed by atoms with van der Waals surface area (Å²) in [6.45, 7) is 0.612. The van der Waals surface area contributed by atoms with Crippen LogP contribution in [0.3, 0.4) is 0 Å². The lowest BCUT2D eigenvalue weighted by molar-refractivity contribution is 0.414. The average molecular weight is 372 g/mol. The minimum absolute atomic E-state index is 0.145. The Morgan fingerprint density at radius 1 is 0.893 bits per heavy atom. The lowest BCUT2D eigenvalue weighted by atomic mass is 10.2. The van der Waals surface area contributed by atoms with E-state index in [1.807, 2.05) is 54.6 Å². The van der Waals surface area contributed by atoms with Gasteiger partial charge in [0.1, 0.15) is 17.3 Å². The summed E-state index contributed by atoms with van der Waals surface area (Å²) in [6, 6.07) is 22.7. The van der Waals surface area contributed by atoms with Gasteiger partial charge >= 0.3 is 0 Å². The van der Waals surface area contributed by atoms with Gasteiger partial charge in [-0.05, 0) is 42.0 Å². The van der Waals surface area contributed by atoms with Crippen molar-refractivity contribution in [1.29, 1.82) is 0 Å². The van der Waals surface area contributed by atoms with Crippen LogP contribution in [0.4, 0.5) is 17.5 Å². The molecule has 3 N–H and O–H groups in total. The molecule has 140 valence electrons. The second-order valence-electron chi connectivity index (χ2n) is 6.26. The maximum Gasteiger partial charge on any atom is 0.229 e. The second kappa shape index (κ2) is 7.84. The minimum Gasteiger partial charge on any atom is -0.506 e. The quantitative estimate of drug-likeness (QED) is 0.426. The average Bonchev–Trinajstić information content (AvgIpc) is 2.74. The minimum atomic E-state index is 0.145. The number of ether oxygens (including phenoxy) is 1. The maximum atomic E-state index is 10.0. The first-order valence-corrected chi connectivity index (χ1v) is 8.91. The molecule has 1 heterocycles. The highest BCUT2D eigenvalue weighted by Gasteiger charge is 2.09. The summed E-state index contributed by atoms with van der Waals surface area (Å²) >= 11 is 0. The summed E-state index contributed by atoms with van der Waals surface area (Å²) < 4.78 is 5.20. The van der Waals surface area contributed by atoms with Crippen molar-refractivity contribution in [2.24, 2.45) is 0 Å². The van der Waals surface area contributed by atoms with Crippen molar-refractivity contribution in [1.82, 2.24) is 9.97 Å². The Morgan fingerprint density at radius 2 is 1.64 bits per heavy atom. The fourth-order valence-electron chi connectivity index (χ4n) is 2.90. The molecule has 0 aliphatic heterocycles. The molecule has 4 rings (SSSR count). The third kappa shape index (κ3) is 3.81. The lowest BCUT2D eigenvalue weighted by Gasteiger charge is -2.13. The van der Waals surface area contributed by atoms with Gasteiger partial charge in [-0.3, -0.25) is 0 Å². The molecule has 6 heteroatoms. The molecule has 3 aromatic carbocycles. The Bertz CT molecular complexity index is 1100. The third-order valence-corrected chi connectivity index (χ3v) is 4.37. The topological polar surface area (TPSA) is 79.3 Å². The van der Waals surface area contributed by atoms with Gasteiger partial charge in [0.2, 0.25) is 5.95 Å². The van der Waals surface area contributed by atoms with Gasteiger partial charge in [0.15, 0.2) is 0 Å². The van der Waals surface area contributed by atoms with Crippen molar-refractivity contribution in [3.8, 4) is 11.5 Å². The van der Waals surface area contributed by atoms with E-state index in [0.29, 0.717) is 18.2 Å². The zero-order valence-corrected chi connectivity index (χ0v) is 15.4. The van der Waals surface area contributed by atoms with Crippen molar-refractivity contribution in [3.05, 3.63) is 78.4 Å². The first-order chi connectivity index (χ1) is 13.7. The molecule has 6 nitrogen and oxygen atoms in total. The third-order valence-electron chi connectivity index (χ3n) is 4.37. The number of phenolic OH excluding ortho intramolecular Hbond substituents is 1. The van der Waals surface area contributed by atoms with E-state index in [9.17, 15) is 5.11 Å². The van der Waals surface area contributed by atoms with Crippen molar-refractivity contribution < 1.29 is 9.84 Å². The molecule has 0 radical (unpaired) electrons. The molecule has 28 heavy (non-hydrogen) atoms. The number of benzene rings is 3. The molecule has 1 aromatic heterocycles. The summed E-state index contributed by atoms with van der Waals surface area (Å²) in [5.74, 6) is 2.11. The van der Waals surface area contributed by atoms with Gasteiger partial charge in [-0.1, -0.05) is 36.4 Å². The highest BCUT2D eigenvalue weighted by molar-refractivity contribution is 5.90. The summed E-state index contributed by atoms with van der Waals surface area (Å²) in [7, 11) is 1.65. The van der Waals surface area contributed by atoms with E-state index in [1.54, 1.807) is 25.3 Å². The largest absolute Gasteiger partial charge is 0.506 e. The van der Waals surface area contributed by atoms with Crippen molar-refractivity contribution in [3.63, 3.8) is 0 Å². The molecular weight excluding hydrogens is 352 g/mol. The van der Waals surface area contributed by atoms with E-state index >= 15 is 0 Å². The van der Waals surface area contributed by atoms with Crippen molar-refractivity contribution in [2.75, 3.05) is 17.7 Å². The maximum absolute atomic E-state index is 10.0. The van der Waals surface area contributed by atoms with Crippen LogP contribution in [0.2, 0.25) is 0 Å². The smallest absolute Gasteiger partial charge is 0.229 e. The number of anilines is 3. The monoisotopic (exact) mass is 372 g/mol. The van der Waals surface area contributed by atoms with Crippen molar-refractivity contribution in [2.45, 2.75) is 6.54 Å². The predicted molar refractivity (Wildman–Crippen MR) is 111 cm³/mol. The molecule has 0 saturated carbocycles. The van der Waals surface area contributed by atoms with Crippen LogP contribution in [-0.2, 0) is 6.54 Å². The van der Waals surface area contributed by atoms with Gasteiger partial charge in [0.05, 0.1) is 18.3 Å². The zero-order valence-electron chi connectivity index (χ0n) is 15.4. The highest BCUT2D eigenvalue weighted by Crippen LogP contribution is 2.27. The molecule has 0 amide bonds. The molecule has 0 spiro atoms. The van der Waals surface area contributed by atoms with E-state index in [-0.39, 0.29) is 5.75 Å². The summed E-state index contributed by atoms with van der Waals surface area (Å²) in [5, 5.41) is 17.4. The molecule has 0 saturated heterocycles. The molecular formula is C22H20N4O2. The van der Waals surface area contributed by atoms with Crippen LogP contribution < -0.4 is 15.4 Å². The van der Waals surface area contributed by atoms with Crippen LogP contribution in [-0.4, -0.2) is 22.2 Å². The summed E-state index contributed by atoms with van der Waals surface area (Å²) in [6.07, 6.45) is 0. The van der Waals surface area contributed by atoms with Gasteiger partial charge in [0, 0.05) is 11.9 Å². The standard InChI is InChI=1S/C22H20N4O2/c1-28-16-12-10-15(11-13-16)14-23-21-17-6-2-3-7-18(17)24-22(26-21)25-19-8-4-5-9-20(19)27/h2-13,27H,14H2,1H3,(H2,23,24,25,26). The Hall–Kier alpha value is -3.80.